The van der Waals surface area contributed by atoms with Gasteiger partial charge in [-0.1, -0.05) is 19.9 Å². The predicted octanol–water partition coefficient (Wildman–Crippen LogP) is 2.58. The topological polar surface area (TPSA) is 49.4 Å². The van der Waals surface area contributed by atoms with E-state index in [4.69, 9.17) is 0 Å². The number of halogens is 1. The molecule has 0 aliphatic carbocycles. The molecule has 1 N–H and O–H groups in total. The lowest BCUT2D eigenvalue weighted by molar-refractivity contribution is -0.128. The number of carbonyl (C=O) groups is 2. The molecule has 0 aromatic heterocycles. The van der Waals surface area contributed by atoms with Gasteiger partial charge in [0, 0.05) is 25.2 Å². The molecule has 21 heavy (non-hydrogen) atoms. The SMILES string of the molecule is Cc1ccc(F)cc1NC(=O)C1CC(=O)N(CC(C)C)C1. The maximum Gasteiger partial charge on any atom is 0.229 e. The van der Waals surface area contributed by atoms with E-state index in [-0.39, 0.29) is 30.0 Å². The number of anilines is 1. The molecule has 0 bridgehead atoms. The van der Waals surface area contributed by atoms with Gasteiger partial charge in [-0.3, -0.25) is 9.59 Å². The zero-order chi connectivity index (χ0) is 15.6. The van der Waals surface area contributed by atoms with Crippen molar-refractivity contribution in [3.05, 3.63) is 29.6 Å². The van der Waals surface area contributed by atoms with E-state index in [2.05, 4.69) is 5.32 Å². The number of carbonyl (C=O) groups excluding carboxylic acids is 2. The lowest BCUT2D eigenvalue weighted by Gasteiger charge is -2.18. The van der Waals surface area contributed by atoms with Gasteiger partial charge in [-0.25, -0.2) is 4.39 Å². The number of hydrogen-bond acceptors (Lipinski definition) is 2. The van der Waals surface area contributed by atoms with Crippen LogP contribution in [-0.4, -0.2) is 29.8 Å². The van der Waals surface area contributed by atoms with Crippen LogP contribution in [0.1, 0.15) is 25.8 Å². The molecule has 5 heteroatoms. The van der Waals surface area contributed by atoms with Crippen LogP contribution in [0, 0.1) is 24.6 Å². The van der Waals surface area contributed by atoms with Crippen LogP contribution in [0.25, 0.3) is 0 Å². The van der Waals surface area contributed by atoms with Crippen LogP contribution in [0.15, 0.2) is 18.2 Å². The van der Waals surface area contributed by atoms with E-state index >= 15 is 0 Å². The van der Waals surface area contributed by atoms with Gasteiger partial charge in [0.05, 0.1) is 5.92 Å². The summed E-state index contributed by atoms with van der Waals surface area (Å²) < 4.78 is 13.2. The van der Waals surface area contributed by atoms with Crippen LogP contribution in [0.5, 0.6) is 0 Å². The van der Waals surface area contributed by atoms with Crippen LogP contribution >= 0.6 is 0 Å². The molecular formula is C16H21FN2O2. The van der Waals surface area contributed by atoms with E-state index in [1.807, 2.05) is 13.8 Å². The molecule has 4 nitrogen and oxygen atoms in total. The quantitative estimate of drug-likeness (QED) is 0.927. The summed E-state index contributed by atoms with van der Waals surface area (Å²) in [4.78, 5) is 25.9. The smallest absolute Gasteiger partial charge is 0.229 e. The number of amides is 2. The molecule has 1 unspecified atom stereocenters. The first-order chi connectivity index (χ1) is 9.86. The summed E-state index contributed by atoms with van der Waals surface area (Å²) in [5, 5.41) is 2.73. The molecule has 1 aromatic rings. The van der Waals surface area contributed by atoms with Crippen LogP contribution in [0.4, 0.5) is 10.1 Å². The molecule has 1 aromatic carbocycles. The highest BCUT2D eigenvalue weighted by atomic mass is 19.1. The normalized spacial score (nSPS) is 18.4. The van der Waals surface area contributed by atoms with Gasteiger partial charge in [0.2, 0.25) is 11.8 Å². The van der Waals surface area contributed by atoms with Crippen LogP contribution in [0.2, 0.25) is 0 Å². The van der Waals surface area contributed by atoms with Gasteiger partial charge >= 0.3 is 0 Å². The van der Waals surface area contributed by atoms with Crippen molar-refractivity contribution >= 4 is 17.5 Å². The third-order valence-corrected chi connectivity index (χ3v) is 3.63. The lowest BCUT2D eigenvalue weighted by atomic mass is 10.1. The van der Waals surface area contributed by atoms with Gasteiger partial charge in [-0.15, -0.1) is 0 Å². The summed E-state index contributed by atoms with van der Waals surface area (Å²) >= 11 is 0. The summed E-state index contributed by atoms with van der Waals surface area (Å²) in [6.07, 6.45) is 0.229. The molecule has 1 fully saturated rings. The molecule has 2 amide bonds. The number of nitrogens with one attached hydrogen (secondary N) is 1. The Morgan fingerprint density at radius 1 is 1.48 bits per heavy atom. The molecule has 1 aliphatic rings. The zero-order valence-corrected chi connectivity index (χ0v) is 12.6. The molecule has 1 heterocycles. The van der Waals surface area contributed by atoms with E-state index in [9.17, 15) is 14.0 Å². The fraction of sp³-hybridized carbons (Fsp3) is 0.500. The first-order valence-corrected chi connectivity index (χ1v) is 7.21. The fourth-order valence-electron chi connectivity index (χ4n) is 2.53. The van der Waals surface area contributed by atoms with Gasteiger partial charge in [0.15, 0.2) is 0 Å². The van der Waals surface area contributed by atoms with Crippen LogP contribution < -0.4 is 5.32 Å². The van der Waals surface area contributed by atoms with Crippen molar-refractivity contribution in [3.63, 3.8) is 0 Å². The van der Waals surface area contributed by atoms with Crippen molar-refractivity contribution in [1.82, 2.24) is 4.90 Å². The summed E-state index contributed by atoms with van der Waals surface area (Å²) in [5.41, 5.74) is 1.27. The van der Waals surface area contributed by atoms with E-state index in [1.165, 1.54) is 12.1 Å². The number of likely N-dealkylation sites (tertiary alicyclic amines) is 1. The number of benzene rings is 1. The third-order valence-electron chi connectivity index (χ3n) is 3.63. The standard InChI is InChI=1S/C16H21FN2O2/c1-10(2)8-19-9-12(6-15(19)20)16(21)18-14-7-13(17)5-4-11(14)3/h4-5,7,10,12H,6,8-9H2,1-3H3,(H,18,21). The van der Waals surface area contributed by atoms with E-state index in [0.29, 0.717) is 24.7 Å². The fourth-order valence-corrected chi connectivity index (χ4v) is 2.53. The second-order valence-corrected chi connectivity index (χ2v) is 6.04. The van der Waals surface area contributed by atoms with Crippen molar-refractivity contribution in [2.45, 2.75) is 27.2 Å². The third kappa shape index (κ3) is 3.80. The van der Waals surface area contributed by atoms with E-state index in [1.54, 1.807) is 17.9 Å². The van der Waals surface area contributed by atoms with Crippen LogP contribution in [0.3, 0.4) is 0 Å². The summed E-state index contributed by atoms with van der Waals surface area (Å²) in [5.74, 6) is -0.580. The maximum absolute atomic E-state index is 13.2. The highest BCUT2D eigenvalue weighted by Gasteiger charge is 2.34. The Kier molecular flexibility index (Phi) is 4.60. The molecule has 1 aliphatic heterocycles. The number of hydrogen-bond donors (Lipinski definition) is 1. The number of nitrogens with zero attached hydrogens (tertiary/aromatic N) is 1. The summed E-state index contributed by atoms with van der Waals surface area (Å²) in [6, 6.07) is 4.28. The Labute approximate surface area is 124 Å². The van der Waals surface area contributed by atoms with E-state index < -0.39 is 0 Å². The Morgan fingerprint density at radius 2 is 2.19 bits per heavy atom. The largest absolute Gasteiger partial charge is 0.342 e. The van der Waals surface area contributed by atoms with Crippen molar-refractivity contribution in [2.75, 3.05) is 18.4 Å². The minimum atomic E-state index is -0.389. The van der Waals surface area contributed by atoms with Gasteiger partial charge < -0.3 is 10.2 Å². The summed E-state index contributed by atoms with van der Waals surface area (Å²) in [7, 11) is 0. The highest BCUT2D eigenvalue weighted by Crippen LogP contribution is 2.22. The lowest BCUT2D eigenvalue weighted by Crippen LogP contribution is -2.31. The van der Waals surface area contributed by atoms with Crippen molar-refractivity contribution in [1.29, 1.82) is 0 Å². The van der Waals surface area contributed by atoms with Gasteiger partial charge in [-0.2, -0.15) is 0 Å². The molecule has 1 saturated heterocycles. The second-order valence-electron chi connectivity index (χ2n) is 6.04. The number of rotatable bonds is 4. The first kappa shape index (κ1) is 15.5. The average Bonchev–Trinajstić information content (AvgIpc) is 2.75. The number of aryl methyl sites for hydroxylation is 1. The first-order valence-electron chi connectivity index (χ1n) is 7.21. The maximum atomic E-state index is 13.2. The van der Waals surface area contributed by atoms with Crippen molar-refractivity contribution in [2.24, 2.45) is 11.8 Å². The van der Waals surface area contributed by atoms with Crippen LogP contribution in [-0.2, 0) is 9.59 Å². The molecule has 0 radical (unpaired) electrons. The predicted molar refractivity (Wildman–Crippen MR) is 79.3 cm³/mol. The van der Waals surface area contributed by atoms with Gasteiger partial charge in [0.1, 0.15) is 5.82 Å². The Bertz CT molecular complexity index is 557. The molecule has 2 rings (SSSR count). The Balaban J connectivity index is 2.01. The molecular weight excluding hydrogens is 271 g/mol. The Morgan fingerprint density at radius 3 is 2.86 bits per heavy atom. The molecule has 1 atom stereocenters. The minimum absolute atomic E-state index is 0.0137. The molecule has 114 valence electrons. The highest BCUT2D eigenvalue weighted by molar-refractivity contribution is 5.97. The average molecular weight is 292 g/mol. The van der Waals surface area contributed by atoms with Gasteiger partial charge in [-0.05, 0) is 30.5 Å². The zero-order valence-electron chi connectivity index (χ0n) is 12.6. The molecule has 0 saturated carbocycles. The van der Waals surface area contributed by atoms with Crippen molar-refractivity contribution in [3.8, 4) is 0 Å². The minimum Gasteiger partial charge on any atom is -0.342 e. The monoisotopic (exact) mass is 292 g/mol. The van der Waals surface area contributed by atoms with Gasteiger partial charge in [0.25, 0.3) is 0 Å². The summed E-state index contributed by atoms with van der Waals surface area (Å²) in [6.45, 7) is 6.99. The molecule has 0 spiro atoms. The van der Waals surface area contributed by atoms with E-state index in [0.717, 1.165) is 5.56 Å². The second kappa shape index (κ2) is 6.24. The van der Waals surface area contributed by atoms with Crippen molar-refractivity contribution < 1.29 is 14.0 Å². The Hall–Kier alpha value is -1.91.